The van der Waals surface area contributed by atoms with Crippen LogP contribution in [0.25, 0.3) is 0 Å². The van der Waals surface area contributed by atoms with Crippen LogP contribution in [0.3, 0.4) is 0 Å². The Labute approximate surface area is 116 Å². The number of nitrogens with zero attached hydrogens (tertiary/aromatic N) is 1. The first-order valence-corrected chi connectivity index (χ1v) is 7.42. The van der Waals surface area contributed by atoms with Crippen LogP contribution in [0.2, 0.25) is 0 Å². The third kappa shape index (κ3) is 18.8. The van der Waals surface area contributed by atoms with Gasteiger partial charge in [0.05, 0.1) is 0 Å². The van der Waals surface area contributed by atoms with E-state index in [0.29, 0.717) is 0 Å². The highest BCUT2D eigenvalue weighted by atomic mass is 35.5. The summed E-state index contributed by atoms with van der Waals surface area (Å²) in [6.07, 6.45) is 15.8. The molecule has 0 saturated carbocycles. The fraction of sp³-hybridized carbons (Fsp3) is 1.00. The molecule has 0 aromatic carbocycles. The topological polar surface area (TPSA) is 3.24 Å². The van der Waals surface area contributed by atoms with Crippen molar-refractivity contribution in [3.63, 3.8) is 0 Å². The Hall–Kier alpha value is 0.250. The average molecular weight is 264 g/mol. The second-order valence-electron chi connectivity index (χ2n) is 5.34. The molecular weight excluding hydrogens is 230 g/mol. The van der Waals surface area contributed by atoms with Crippen molar-refractivity contribution >= 4 is 12.4 Å². The zero-order valence-corrected chi connectivity index (χ0v) is 13.2. The smallest absolute Gasteiger partial charge is 0.00248 e. The molecule has 0 unspecified atom stereocenters. The Morgan fingerprint density at radius 1 is 0.588 bits per heavy atom. The minimum atomic E-state index is 0. The minimum absolute atomic E-state index is 0. The third-order valence-corrected chi connectivity index (χ3v) is 3.21. The van der Waals surface area contributed by atoms with Crippen molar-refractivity contribution in [3.05, 3.63) is 0 Å². The first-order chi connectivity index (χ1) is 7.77. The lowest BCUT2D eigenvalue weighted by molar-refractivity contribution is 0.389. The molecule has 0 fully saturated rings. The van der Waals surface area contributed by atoms with Crippen LogP contribution < -0.4 is 0 Å². The minimum Gasteiger partial charge on any atom is -0.309 e. The summed E-state index contributed by atoms with van der Waals surface area (Å²) in [7, 11) is 4.33. The van der Waals surface area contributed by atoms with Crippen molar-refractivity contribution in [2.75, 3.05) is 20.6 Å². The quantitative estimate of drug-likeness (QED) is 0.433. The number of halogens is 1. The molecule has 0 radical (unpaired) electrons. The summed E-state index contributed by atoms with van der Waals surface area (Å²) >= 11 is 0. The molecule has 0 spiro atoms. The van der Waals surface area contributed by atoms with Crippen molar-refractivity contribution in [1.82, 2.24) is 4.90 Å². The van der Waals surface area contributed by atoms with Crippen LogP contribution >= 0.6 is 12.4 Å². The van der Waals surface area contributed by atoms with Crippen molar-refractivity contribution < 1.29 is 0 Å². The van der Waals surface area contributed by atoms with E-state index >= 15 is 0 Å². The highest BCUT2D eigenvalue weighted by molar-refractivity contribution is 5.85. The number of unbranched alkanes of at least 4 members (excludes halogenated alkanes) is 10. The molecule has 0 bridgehead atoms. The number of rotatable bonds is 12. The standard InChI is InChI=1S/C15H33N.ClH/c1-4-5-6-7-8-9-10-11-12-13-14-15-16(2)3;/h4-15H2,1-3H3;1H. The predicted molar refractivity (Wildman–Crippen MR) is 82.3 cm³/mol. The van der Waals surface area contributed by atoms with E-state index in [4.69, 9.17) is 0 Å². The molecule has 0 saturated heterocycles. The van der Waals surface area contributed by atoms with E-state index < -0.39 is 0 Å². The van der Waals surface area contributed by atoms with Gasteiger partial charge in [0.1, 0.15) is 0 Å². The van der Waals surface area contributed by atoms with Gasteiger partial charge in [0.25, 0.3) is 0 Å². The van der Waals surface area contributed by atoms with Crippen LogP contribution in [0.15, 0.2) is 0 Å². The predicted octanol–water partition coefficient (Wildman–Crippen LogP) is 5.28. The van der Waals surface area contributed by atoms with Gasteiger partial charge < -0.3 is 4.90 Å². The van der Waals surface area contributed by atoms with E-state index in [2.05, 4.69) is 25.9 Å². The summed E-state index contributed by atoms with van der Waals surface area (Å²) in [5.41, 5.74) is 0. The van der Waals surface area contributed by atoms with E-state index in [1.54, 1.807) is 0 Å². The summed E-state index contributed by atoms with van der Waals surface area (Å²) in [5.74, 6) is 0. The van der Waals surface area contributed by atoms with Gasteiger partial charge in [0.15, 0.2) is 0 Å². The molecular formula is C15H34ClN. The lowest BCUT2D eigenvalue weighted by Gasteiger charge is -2.08. The molecule has 106 valence electrons. The molecule has 0 atom stereocenters. The highest BCUT2D eigenvalue weighted by Gasteiger charge is 1.93. The van der Waals surface area contributed by atoms with E-state index in [1.807, 2.05) is 0 Å². The molecule has 2 heteroatoms. The zero-order valence-electron chi connectivity index (χ0n) is 12.3. The molecule has 0 aliphatic heterocycles. The molecule has 0 heterocycles. The fourth-order valence-corrected chi connectivity index (χ4v) is 2.09. The van der Waals surface area contributed by atoms with E-state index in [9.17, 15) is 0 Å². The van der Waals surface area contributed by atoms with E-state index in [1.165, 1.54) is 77.2 Å². The van der Waals surface area contributed by atoms with E-state index in [-0.39, 0.29) is 12.4 Å². The molecule has 0 aliphatic carbocycles. The van der Waals surface area contributed by atoms with Crippen LogP contribution in [-0.4, -0.2) is 25.5 Å². The van der Waals surface area contributed by atoms with Crippen LogP contribution in [0.1, 0.15) is 77.6 Å². The SMILES string of the molecule is CCCCCCCCCCCCCN(C)C.Cl. The van der Waals surface area contributed by atoms with Gasteiger partial charge in [-0.25, -0.2) is 0 Å². The van der Waals surface area contributed by atoms with Gasteiger partial charge in [0.2, 0.25) is 0 Å². The molecule has 0 aromatic heterocycles. The van der Waals surface area contributed by atoms with Gasteiger partial charge >= 0.3 is 0 Å². The molecule has 0 aliphatic rings. The first-order valence-electron chi connectivity index (χ1n) is 7.42. The second kappa shape index (κ2) is 16.2. The Bertz CT molecular complexity index is 126. The Balaban J connectivity index is 0. The summed E-state index contributed by atoms with van der Waals surface area (Å²) in [5, 5.41) is 0. The summed E-state index contributed by atoms with van der Waals surface area (Å²) in [6, 6.07) is 0. The zero-order chi connectivity index (χ0) is 12.1. The maximum Gasteiger partial charge on any atom is -0.00248 e. The summed E-state index contributed by atoms with van der Waals surface area (Å²) in [6.45, 7) is 3.55. The Morgan fingerprint density at radius 3 is 1.29 bits per heavy atom. The van der Waals surface area contributed by atoms with Gasteiger partial charge in [-0.05, 0) is 27.1 Å². The second-order valence-corrected chi connectivity index (χ2v) is 5.34. The van der Waals surface area contributed by atoms with Gasteiger partial charge in [0, 0.05) is 0 Å². The van der Waals surface area contributed by atoms with E-state index in [0.717, 1.165) is 0 Å². The van der Waals surface area contributed by atoms with Gasteiger partial charge in [-0.3, -0.25) is 0 Å². The molecule has 0 N–H and O–H groups in total. The normalized spacial score (nSPS) is 10.6. The number of hydrogen-bond donors (Lipinski definition) is 0. The van der Waals surface area contributed by atoms with Crippen molar-refractivity contribution in [1.29, 1.82) is 0 Å². The molecule has 1 nitrogen and oxygen atoms in total. The van der Waals surface area contributed by atoms with Gasteiger partial charge in [-0.15, -0.1) is 12.4 Å². The molecule has 0 amide bonds. The van der Waals surface area contributed by atoms with Crippen LogP contribution in [0.4, 0.5) is 0 Å². The van der Waals surface area contributed by atoms with Gasteiger partial charge in [-0.2, -0.15) is 0 Å². The molecule has 0 rings (SSSR count). The van der Waals surface area contributed by atoms with Crippen LogP contribution in [0, 0.1) is 0 Å². The maximum atomic E-state index is 2.29. The molecule has 0 aromatic rings. The summed E-state index contributed by atoms with van der Waals surface area (Å²) in [4.78, 5) is 2.29. The Kier molecular flexibility index (Phi) is 18.7. The summed E-state index contributed by atoms with van der Waals surface area (Å²) < 4.78 is 0. The third-order valence-electron chi connectivity index (χ3n) is 3.21. The van der Waals surface area contributed by atoms with Crippen molar-refractivity contribution in [2.24, 2.45) is 0 Å². The lowest BCUT2D eigenvalue weighted by Crippen LogP contribution is -2.12. The molecule has 17 heavy (non-hydrogen) atoms. The van der Waals surface area contributed by atoms with Crippen molar-refractivity contribution in [2.45, 2.75) is 77.6 Å². The van der Waals surface area contributed by atoms with Gasteiger partial charge in [-0.1, -0.05) is 71.1 Å². The van der Waals surface area contributed by atoms with Crippen molar-refractivity contribution in [3.8, 4) is 0 Å². The fourth-order valence-electron chi connectivity index (χ4n) is 2.09. The monoisotopic (exact) mass is 263 g/mol. The largest absolute Gasteiger partial charge is 0.309 e. The van der Waals surface area contributed by atoms with Crippen LogP contribution in [0.5, 0.6) is 0 Å². The maximum absolute atomic E-state index is 2.29. The lowest BCUT2D eigenvalue weighted by atomic mass is 10.1. The number of hydrogen-bond acceptors (Lipinski definition) is 1. The highest BCUT2D eigenvalue weighted by Crippen LogP contribution is 2.11. The Morgan fingerprint density at radius 2 is 0.941 bits per heavy atom. The van der Waals surface area contributed by atoms with Crippen LogP contribution in [-0.2, 0) is 0 Å². The average Bonchev–Trinajstić information content (AvgIpc) is 2.25. The first kappa shape index (κ1) is 19.6.